The molecule has 0 fully saturated rings. The lowest BCUT2D eigenvalue weighted by molar-refractivity contribution is -0.137. The number of rotatable bonds is 8. The van der Waals surface area contributed by atoms with E-state index in [1.54, 1.807) is 0 Å². The highest BCUT2D eigenvalue weighted by atomic mass is 31.2. The zero-order chi connectivity index (χ0) is 36.4. The monoisotopic (exact) mass is 686 g/mol. The molecular weight excluding hydrogens is 626 g/mol. The van der Waals surface area contributed by atoms with Crippen molar-refractivity contribution in [2.45, 2.75) is 124 Å². The van der Waals surface area contributed by atoms with E-state index < -0.39 is 48.0 Å². The molecule has 0 heterocycles. The van der Waals surface area contributed by atoms with Crippen LogP contribution in [0.15, 0.2) is 24.3 Å². The number of benzene rings is 2. The molecule has 8 N–H and O–H groups in total. The highest BCUT2D eigenvalue weighted by Crippen LogP contribution is 2.53. The maximum atomic E-state index is 13.4. The van der Waals surface area contributed by atoms with Crippen molar-refractivity contribution in [3.05, 3.63) is 68.8 Å². The molecule has 0 aliphatic heterocycles. The maximum Gasteiger partial charge on any atom is 0.334 e. The minimum atomic E-state index is -2.61. The Labute approximate surface area is 279 Å². The molecule has 9 nitrogen and oxygen atoms in total. The second-order valence-electron chi connectivity index (χ2n) is 16.5. The lowest BCUT2D eigenvalue weighted by atomic mass is 9.58. The number of hydrogen-bond donors (Lipinski definition) is 8. The maximum absolute atomic E-state index is 13.4. The third-order valence-electron chi connectivity index (χ3n) is 8.56. The fourth-order valence-corrected chi connectivity index (χ4v) is 6.32. The average molecular weight is 687 g/mol. The van der Waals surface area contributed by atoms with E-state index in [-0.39, 0.29) is 21.7 Å². The van der Waals surface area contributed by atoms with E-state index >= 15 is 0 Å². The van der Waals surface area contributed by atoms with Crippen LogP contribution >= 0.6 is 17.2 Å². The van der Waals surface area contributed by atoms with Crippen molar-refractivity contribution in [2.24, 2.45) is 5.41 Å². The molecule has 0 atom stereocenters. The van der Waals surface area contributed by atoms with E-state index in [1.165, 1.54) is 0 Å². The molecule has 2 aromatic carbocycles. The van der Waals surface area contributed by atoms with E-state index in [9.17, 15) is 20.4 Å². The van der Waals surface area contributed by atoms with Crippen molar-refractivity contribution >= 4 is 17.2 Å². The smallest absolute Gasteiger partial charge is 0.334 e. The molecule has 0 bridgehead atoms. The second kappa shape index (κ2) is 15.2. The molecule has 11 heteroatoms. The van der Waals surface area contributed by atoms with E-state index in [1.807, 2.05) is 13.8 Å². The molecule has 2 aromatic rings. The van der Waals surface area contributed by atoms with Gasteiger partial charge in [-0.3, -0.25) is 0 Å². The summed E-state index contributed by atoms with van der Waals surface area (Å²) in [6.07, 6.45) is 0. The van der Waals surface area contributed by atoms with Crippen molar-refractivity contribution in [1.29, 1.82) is 0 Å². The Kier molecular flexibility index (Phi) is 14.2. The Hall–Kier alpha value is -1.06. The van der Waals surface area contributed by atoms with Gasteiger partial charge in [0.1, 0.15) is 5.60 Å². The summed E-state index contributed by atoms with van der Waals surface area (Å²) in [5, 5.41) is 46.1. The SMILES string of the molecule is Cc1cc(C(C)(C)C)cc(C(C)(C)C)c1C(O)(c1c(C)cc(C(C)(C)C)cc1C(C)(C)C)C(CO)(CO)CO.OP(O)OP(O)O. The molecule has 0 unspecified atom stereocenters. The lowest BCUT2D eigenvalue weighted by Crippen LogP contribution is -2.56. The first-order valence-electron chi connectivity index (χ1n) is 15.5. The summed E-state index contributed by atoms with van der Waals surface area (Å²) in [5.41, 5.74) is 2.69. The number of aliphatic hydroxyl groups excluding tert-OH is 3. The Morgan fingerprint density at radius 3 is 0.978 bits per heavy atom. The Morgan fingerprint density at radius 2 is 0.804 bits per heavy atom. The second-order valence-corrected chi connectivity index (χ2v) is 18.1. The molecular formula is C35H60O9P2. The molecule has 0 radical (unpaired) electrons. The van der Waals surface area contributed by atoms with E-state index in [4.69, 9.17) is 19.6 Å². The fraction of sp³-hybridized carbons (Fsp3) is 0.657. The predicted molar refractivity (Wildman–Crippen MR) is 188 cm³/mol. The summed E-state index contributed by atoms with van der Waals surface area (Å²) in [4.78, 5) is 31.3. The van der Waals surface area contributed by atoms with E-state index in [0.717, 1.165) is 33.4 Å². The van der Waals surface area contributed by atoms with Crippen LogP contribution in [0.2, 0.25) is 0 Å². The van der Waals surface area contributed by atoms with Gasteiger partial charge in [0.2, 0.25) is 0 Å². The standard InChI is InChI=1S/C35H56O4.H4O5P2/c1-22-15-24(30(3,4)5)17-26(32(9,10)11)28(22)35(39,34(19-36,20-37)21-38)29-23(2)16-25(31(6,7)8)18-27(29)33(12,13)14;1-6(2)5-7(3)4/h15-18,36-39H,19-21H2,1-14H3;1-4H. The Balaban J connectivity index is 0.00000135. The first-order valence-corrected chi connectivity index (χ1v) is 17.8. The van der Waals surface area contributed by atoms with Crippen LogP contribution in [0.4, 0.5) is 0 Å². The van der Waals surface area contributed by atoms with Gasteiger partial charge in [-0.05, 0) is 80.0 Å². The van der Waals surface area contributed by atoms with Crippen molar-refractivity contribution in [2.75, 3.05) is 19.8 Å². The van der Waals surface area contributed by atoms with Crippen LogP contribution in [0.3, 0.4) is 0 Å². The Bertz CT molecular complexity index is 1210. The predicted octanol–water partition coefficient (Wildman–Crippen LogP) is 6.12. The van der Waals surface area contributed by atoms with Crippen molar-refractivity contribution in [1.82, 2.24) is 0 Å². The Morgan fingerprint density at radius 1 is 0.522 bits per heavy atom. The van der Waals surface area contributed by atoms with Gasteiger partial charge in [0.15, 0.2) is 0 Å². The van der Waals surface area contributed by atoms with Crippen LogP contribution in [-0.2, 0) is 31.6 Å². The van der Waals surface area contributed by atoms with Gasteiger partial charge >= 0.3 is 17.2 Å². The third-order valence-corrected chi connectivity index (χ3v) is 9.73. The van der Waals surface area contributed by atoms with Crippen LogP contribution in [0.1, 0.15) is 128 Å². The molecule has 0 amide bonds. The van der Waals surface area contributed by atoms with Crippen LogP contribution in [0.25, 0.3) is 0 Å². The minimum absolute atomic E-state index is 0.121. The quantitative estimate of drug-likeness (QED) is 0.153. The number of aliphatic hydroxyl groups is 4. The highest BCUT2D eigenvalue weighted by molar-refractivity contribution is 7.53. The topological polar surface area (TPSA) is 171 Å². The first kappa shape index (κ1) is 43.0. The summed E-state index contributed by atoms with van der Waals surface area (Å²) < 4.78 is 3.60. The summed E-state index contributed by atoms with van der Waals surface area (Å²) in [5.74, 6) is 0. The van der Waals surface area contributed by atoms with Gasteiger partial charge in [-0.2, -0.15) is 0 Å². The molecule has 0 aliphatic carbocycles. The molecule has 0 saturated carbocycles. The zero-order valence-electron chi connectivity index (χ0n) is 30.3. The van der Waals surface area contributed by atoms with Crippen LogP contribution in [0, 0.1) is 19.3 Å². The molecule has 0 spiro atoms. The number of aryl methyl sites for hydroxylation is 2. The average Bonchev–Trinajstić information content (AvgIpc) is 2.86. The minimum Gasteiger partial charge on any atom is -0.395 e. The molecule has 0 saturated heterocycles. The molecule has 0 aromatic heterocycles. The van der Waals surface area contributed by atoms with Gasteiger partial charge in [0.05, 0.1) is 25.2 Å². The van der Waals surface area contributed by atoms with Crippen molar-refractivity contribution in [3.8, 4) is 0 Å². The number of hydrogen-bond acceptors (Lipinski definition) is 9. The van der Waals surface area contributed by atoms with E-state index in [2.05, 4.69) is 112 Å². The van der Waals surface area contributed by atoms with Gasteiger partial charge < -0.3 is 40.0 Å². The van der Waals surface area contributed by atoms with Gasteiger partial charge in [0.25, 0.3) is 0 Å². The zero-order valence-corrected chi connectivity index (χ0v) is 32.1. The third kappa shape index (κ3) is 9.55. The first-order chi connectivity index (χ1) is 20.5. The van der Waals surface area contributed by atoms with Crippen molar-refractivity contribution < 1.29 is 44.3 Å². The largest absolute Gasteiger partial charge is 0.395 e. The summed E-state index contributed by atoms with van der Waals surface area (Å²) >= 11 is 0. The molecule has 264 valence electrons. The van der Waals surface area contributed by atoms with Gasteiger partial charge in [0, 0.05) is 0 Å². The summed E-state index contributed by atoms with van der Waals surface area (Å²) in [6, 6.07) is 8.56. The fourth-order valence-electron chi connectivity index (χ4n) is 5.80. The molecule has 2 rings (SSSR count). The van der Waals surface area contributed by atoms with Crippen molar-refractivity contribution in [3.63, 3.8) is 0 Å². The normalized spacial score (nSPS) is 13.7. The van der Waals surface area contributed by atoms with E-state index in [0.29, 0.717) is 11.1 Å². The van der Waals surface area contributed by atoms with Gasteiger partial charge in [-0.15, -0.1) is 0 Å². The van der Waals surface area contributed by atoms with Crippen LogP contribution in [0.5, 0.6) is 0 Å². The summed E-state index contributed by atoms with van der Waals surface area (Å²) in [6.45, 7) is 28.0. The summed E-state index contributed by atoms with van der Waals surface area (Å²) in [7, 11) is -5.22. The van der Waals surface area contributed by atoms with Gasteiger partial charge in [-0.1, -0.05) is 107 Å². The molecule has 46 heavy (non-hydrogen) atoms. The van der Waals surface area contributed by atoms with Crippen LogP contribution < -0.4 is 0 Å². The van der Waals surface area contributed by atoms with Crippen LogP contribution in [-0.4, -0.2) is 59.8 Å². The lowest BCUT2D eigenvalue weighted by Gasteiger charge is -2.50. The highest BCUT2D eigenvalue weighted by Gasteiger charge is 2.56. The molecule has 0 aliphatic rings. The van der Waals surface area contributed by atoms with Gasteiger partial charge in [-0.25, -0.2) is 4.31 Å².